The fraction of sp³-hybridized carbons (Fsp3) is 0.318. The van der Waals surface area contributed by atoms with E-state index in [0.717, 1.165) is 12.1 Å². The largest absolute Gasteiger partial charge is 0.506 e. The van der Waals surface area contributed by atoms with Gasteiger partial charge in [-0.1, -0.05) is 11.3 Å². The Labute approximate surface area is 179 Å². The summed E-state index contributed by atoms with van der Waals surface area (Å²) in [7, 11) is 0. The van der Waals surface area contributed by atoms with Gasteiger partial charge in [0, 0.05) is 29.5 Å². The SMILES string of the molecule is CC1(C)C=C(c2ccn3cc(-c4ncc(-n5ccnn5)cc4O)nc3n2)CC(C)(C)N1. The van der Waals surface area contributed by atoms with Crippen LogP contribution in [0.5, 0.6) is 5.75 Å². The molecule has 9 heteroatoms. The second-order valence-electron chi connectivity index (χ2n) is 9.13. The highest BCUT2D eigenvalue weighted by molar-refractivity contribution is 5.69. The molecular formula is C22H24N8O. The lowest BCUT2D eigenvalue weighted by Crippen LogP contribution is -2.53. The molecule has 0 unspecified atom stereocenters. The maximum absolute atomic E-state index is 10.5. The van der Waals surface area contributed by atoms with Crippen LogP contribution >= 0.6 is 0 Å². The van der Waals surface area contributed by atoms with E-state index < -0.39 is 0 Å². The highest BCUT2D eigenvalue weighted by Gasteiger charge is 2.33. The molecule has 1 aliphatic heterocycles. The van der Waals surface area contributed by atoms with Gasteiger partial charge in [-0.3, -0.25) is 4.40 Å². The molecule has 4 aromatic rings. The van der Waals surface area contributed by atoms with Gasteiger partial charge in [0.1, 0.15) is 17.1 Å². The molecule has 0 bridgehead atoms. The van der Waals surface area contributed by atoms with Crippen LogP contribution < -0.4 is 5.32 Å². The van der Waals surface area contributed by atoms with Crippen LogP contribution in [0.1, 0.15) is 39.8 Å². The van der Waals surface area contributed by atoms with Gasteiger partial charge < -0.3 is 10.4 Å². The number of pyridine rings is 1. The maximum atomic E-state index is 10.5. The zero-order valence-electron chi connectivity index (χ0n) is 17.9. The number of fused-ring (bicyclic) bond motifs is 1. The van der Waals surface area contributed by atoms with Crippen LogP contribution in [0.15, 0.2) is 49.2 Å². The average molecular weight is 416 g/mol. The predicted octanol–water partition coefficient (Wildman–Crippen LogP) is 3.01. The van der Waals surface area contributed by atoms with Crippen LogP contribution in [-0.2, 0) is 0 Å². The van der Waals surface area contributed by atoms with E-state index in [-0.39, 0.29) is 16.8 Å². The van der Waals surface area contributed by atoms with Gasteiger partial charge in [-0.15, -0.1) is 5.10 Å². The average Bonchev–Trinajstić information content (AvgIpc) is 3.34. The van der Waals surface area contributed by atoms with E-state index in [2.05, 4.69) is 59.4 Å². The number of hydrogen-bond acceptors (Lipinski definition) is 7. The van der Waals surface area contributed by atoms with Crippen LogP contribution in [0.4, 0.5) is 0 Å². The van der Waals surface area contributed by atoms with Crippen LogP contribution in [0, 0.1) is 0 Å². The molecule has 5 rings (SSSR count). The Morgan fingerprint density at radius 1 is 1.10 bits per heavy atom. The third-order valence-corrected chi connectivity index (χ3v) is 5.27. The van der Waals surface area contributed by atoms with Gasteiger partial charge in [-0.25, -0.2) is 19.6 Å². The summed E-state index contributed by atoms with van der Waals surface area (Å²) in [5, 5.41) is 21.9. The third-order valence-electron chi connectivity index (χ3n) is 5.27. The van der Waals surface area contributed by atoms with E-state index in [9.17, 15) is 5.11 Å². The van der Waals surface area contributed by atoms with Gasteiger partial charge in [-0.05, 0) is 45.8 Å². The minimum absolute atomic E-state index is 0.0150. The summed E-state index contributed by atoms with van der Waals surface area (Å²) in [5.74, 6) is 0.574. The minimum atomic E-state index is -0.118. The highest BCUT2D eigenvalue weighted by atomic mass is 16.3. The number of hydrogen-bond donors (Lipinski definition) is 2. The van der Waals surface area contributed by atoms with Gasteiger partial charge in [-0.2, -0.15) is 0 Å². The van der Waals surface area contributed by atoms with Crippen LogP contribution in [-0.4, -0.2) is 50.5 Å². The first-order valence-corrected chi connectivity index (χ1v) is 10.1. The second-order valence-corrected chi connectivity index (χ2v) is 9.13. The van der Waals surface area contributed by atoms with Crippen LogP contribution in [0.2, 0.25) is 0 Å². The molecule has 0 spiro atoms. The zero-order valence-corrected chi connectivity index (χ0v) is 17.9. The van der Waals surface area contributed by atoms with E-state index in [4.69, 9.17) is 4.98 Å². The van der Waals surface area contributed by atoms with Gasteiger partial charge >= 0.3 is 0 Å². The van der Waals surface area contributed by atoms with Crippen molar-refractivity contribution >= 4 is 11.4 Å². The number of nitrogens with zero attached hydrogens (tertiary/aromatic N) is 7. The van der Waals surface area contributed by atoms with Crippen molar-refractivity contribution in [2.24, 2.45) is 0 Å². The topological polar surface area (TPSA) is 106 Å². The molecule has 31 heavy (non-hydrogen) atoms. The first-order chi connectivity index (χ1) is 14.7. The lowest BCUT2D eigenvalue weighted by Gasteiger charge is -2.41. The highest BCUT2D eigenvalue weighted by Crippen LogP contribution is 2.33. The molecule has 158 valence electrons. The number of nitrogens with one attached hydrogen (secondary N) is 1. The number of aromatic nitrogens is 7. The van der Waals surface area contributed by atoms with E-state index in [0.29, 0.717) is 22.9 Å². The summed E-state index contributed by atoms with van der Waals surface area (Å²) >= 11 is 0. The van der Waals surface area contributed by atoms with E-state index in [1.807, 2.05) is 22.9 Å². The molecule has 9 nitrogen and oxygen atoms in total. The van der Waals surface area contributed by atoms with Crippen molar-refractivity contribution in [3.05, 3.63) is 54.9 Å². The smallest absolute Gasteiger partial charge is 0.234 e. The zero-order chi connectivity index (χ0) is 21.8. The summed E-state index contributed by atoms with van der Waals surface area (Å²) in [6, 6.07) is 3.59. The molecule has 0 saturated carbocycles. The second kappa shape index (κ2) is 6.71. The van der Waals surface area contributed by atoms with Gasteiger partial charge in [0.25, 0.3) is 0 Å². The number of aromatic hydroxyl groups is 1. The van der Waals surface area contributed by atoms with Gasteiger partial charge in [0.05, 0.1) is 30.0 Å². The monoisotopic (exact) mass is 416 g/mol. The van der Waals surface area contributed by atoms with Crippen molar-refractivity contribution in [2.75, 3.05) is 0 Å². The summed E-state index contributed by atoms with van der Waals surface area (Å²) in [6.45, 7) is 8.73. The van der Waals surface area contributed by atoms with Crippen molar-refractivity contribution in [2.45, 2.75) is 45.2 Å². The number of rotatable bonds is 3. The Balaban J connectivity index is 1.51. The van der Waals surface area contributed by atoms with Crippen molar-refractivity contribution in [1.29, 1.82) is 0 Å². The Morgan fingerprint density at radius 3 is 2.61 bits per heavy atom. The number of imidazole rings is 1. The first-order valence-electron chi connectivity index (χ1n) is 10.1. The summed E-state index contributed by atoms with van der Waals surface area (Å²) in [6.07, 6.45) is 11.7. The van der Waals surface area contributed by atoms with Crippen molar-refractivity contribution < 1.29 is 5.11 Å². The Morgan fingerprint density at radius 2 is 1.90 bits per heavy atom. The fourth-order valence-electron chi connectivity index (χ4n) is 4.36. The standard InChI is InChI=1S/C22H24N8O/c1-21(2)10-14(11-22(3,4)27-21)16-5-7-29-13-17(26-20(29)25-16)19-18(31)9-15(12-23-19)30-8-6-24-28-30/h5-10,12-13,27,31H,11H2,1-4H3. The minimum Gasteiger partial charge on any atom is -0.506 e. The molecule has 0 fully saturated rings. The molecule has 0 radical (unpaired) electrons. The first kappa shape index (κ1) is 19.4. The molecule has 0 aromatic carbocycles. The molecular weight excluding hydrogens is 392 g/mol. The Hall–Kier alpha value is -3.59. The molecule has 0 saturated heterocycles. The lowest BCUT2D eigenvalue weighted by molar-refractivity contribution is 0.297. The summed E-state index contributed by atoms with van der Waals surface area (Å²) in [4.78, 5) is 13.8. The van der Waals surface area contributed by atoms with Crippen molar-refractivity contribution in [3.8, 4) is 22.8 Å². The molecule has 5 heterocycles. The summed E-state index contributed by atoms with van der Waals surface area (Å²) in [5.41, 5.74) is 3.51. The molecule has 0 atom stereocenters. The van der Waals surface area contributed by atoms with Crippen molar-refractivity contribution in [1.82, 2.24) is 39.7 Å². The molecule has 0 amide bonds. The Bertz CT molecular complexity index is 1300. The van der Waals surface area contributed by atoms with E-state index in [1.54, 1.807) is 24.7 Å². The predicted molar refractivity (Wildman–Crippen MR) is 117 cm³/mol. The molecule has 1 aliphatic rings. The Kier molecular flexibility index (Phi) is 4.19. The lowest BCUT2D eigenvalue weighted by atomic mass is 9.82. The van der Waals surface area contributed by atoms with E-state index in [1.165, 1.54) is 10.3 Å². The van der Waals surface area contributed by atoms with Gasteiger partial charge in [0.15, 0.2) is 0 Å². The van der Waals surface area contributed by atoms with E-state index >= 15 is 0 Å². The quantitative estimate of drug-likeness (QED) is 0.529. The van der Waals surface area contributed by atoms with Crippen LogP contribution in [0.3, 0.4) is 0 Å². The molecule has 0 aliphatic carbocycles. The normalized spacial score (nSPS) is 17.6. The fourth-order valence-corrected chi connectivity index (χ4v) is 4.36. The molecule has 2 N–H and O–H groups in total. The van der Waals surface area contributed by atoms with Gasteiger partial charge in [0.2, 0.25) is 5.78 Å². The van der Waals surface area contributed by atoms with Crippen LogP contribution in [0.25, 0.3) is 28.4 Å². The maximum Gasteiger partial charge on any atom is 0.234 e. The third kappa shape index (κ3) is 3.68. The summed E-state index contributed by atoms with van der Waals surface area (Å²) < 4.78 is 3.37. The molecule has 4 aromatic heterocycles. The van der Waals surface area contributed by atoms with Crippen molar-refractivity contribution in [3.63, 3.8) is 0 Å².